The van der Waals surface area contributed by atoms with E-state index in [0.717, 1.165) is 28.7 Å². The lowest BCUT2D eigenvalue weighted by atomic mass is 10.1. The average molecular weight is 266 g/mol. The highest BCUT2D eigenvalue weighted by molar-refractivity contribution is 7.99. The first-order chi connectivity index (χ1) is 8.52. The Hall–Kier alpha value is -1.42. The van der Waals surface area contributed by atoms with Crippen molar-refractivity contribution >= 4 is 23.8 Å². The summed E-state index contributed by atoms with van der Waals surface area (Å²) >= 11 is 1.83. The summed E-state index contributed by atoms with van der Waals surface area (Å²) < 4.78 is 5.30. The summed E-state index contributed by atoms with van der Waals surface area (Å²) in [5.74, 6) is 0.759. The normalized spacial score (nSPS) is 11.1. The minimum Gasteiger partial charge on any atom is -0.496 e. The quantitative estimate of drug-likeness (QED) is 0.801. The Labute approximate surface area is 112 Å². The number of ether oxygens (including phenoxy) is 1. The number of methoxy groups -OCH3 is 1. The van der Waals surface area contributed by atoms with Gasteiger partial charge in [0.15, 0.2) is 0 Å². The second kappa shape index (κ2) is 7.11. The molecular formula is C14H18O3S. The topological polar surface area (TPSA) is 46.5 Å². The lowest BCUT2D eigenvalue weighted by molar-refractivity contribution is -0.131. The molecule has 1 N–H and O–H groups in total. The molecule has 0 aliphatic carbocycles. The van der Waals surface area contributed by atoms with Crippen molar-refractivity contribution in [2.24, 2.45) is 0 Å². The van der Waals surface area contributed by atoms with Gasteiger partial charge in [-0.3, -0.25) is 0 Å². The minimum atomic E-state index is -0.941. The largest absolute Gasteiger partial charge is 0.496 e. The summed E-state index contributed by atoms with van der Waals surface area (Å²) in [5.41, 5.74) is 1.96. The average Bonchev–Trinajstić information content (AvgIpc) is 2.33. The van der Waals surface area contributed by atoms with Gasteiger partial charge in [0, 0.05) is 17.4 Å². The van der Waals surface area contributed by atoms with E-state index in [1.165, 1.54) is 0 Å². The Bertz CT molecular complexity index is 439. The van der Waals surface area contributed by atoms with Gasteiger partial charge in [-0.25, -0.2) is 4.79 Å². The van der Waals surface area contributed by atoms with Crippen LogP contribution in [0.3, 0.4) is 0 Å². The monoisotopic (exact) mass is 266 g/mol. The smallest absolute Gasteiger partial charge is 0.328 e. The molecule has 0 unspecified atom stereocenters. The fourth-order valence-electron chi connectivity index (χ4n) is 1.44. The predicted molar refractivity (Wildman–Crippen MR) is 76.1 cm³/mol. The molecule has 0 saturated carbocycles. The first kappa shape index (κ1) is 14.6. The van der Waals surface area contributed by atoms with Gasteiger partial charge in [-0.05, 0) is 29.0 Å². The van der Waals surface area contributed by atoms with E-state index in [1.54, 1.807) is 13.2 Å². The van der Waals surface area contributed by atoms with Gasteiger partial charge < -0.3 is 9.84 Å². The van der Waals surface area contributed by atoms with E-state index in [4.69, 9.17) is 9.84 Å². The van der Waals surface area contributed by atoms with Gasteiger partial charge in [0.2, 0.25) is 0 Å². The number of thioether (sulfide) groups is 1. The van der Waals surface area contributed by atoms with Gasteiger partial charge in [-0.1, -0.05) is 19.9 Å². The Kier molecular flexibility index (Phi) is 5.78. The third kappa shape index (κ3) is 4.84. The van der Waals surface area contributed by atoms with Crippen LogP contribution in [0.25, 0.3) is 6.08 Å². The number of carboxylic acids is 1. The van der Waals surface area contributed by atoms with Crippen LogP contribution in [0.1, 0.15) is 25.0 Å². The first-order valence-corrected chi connectivity index (χ1v) is 6.77. The molecule has 0 fully saturated rings. The van der Waals surface area contributed by atoms with Gasteiger partial charge in [-0.15, -0.1) is 0 Å². The van der Waals surface area contributed by atoms with Crippen LogP contribution in [0.15, 0.2) is 24.3 Å². The Morgan fingerprint density at radius 3 is 2.78 bits per heavy atom. The van der Waals surface area contributed by atoms with Crippen molar-refractivity contribution in [2.45, 2.75) is 24.9 Å². The van der Waals surface area contributed by atoms with Gasteiger partial charge in [0.25, 0.3) is 0 Å². The zero-order valence-electron chi connectivity index (χ0n) is 10.8. The SMILES string of the molecule is COc1ccc(C=CC(=O)O)cc1CSC(C)C. The number of rotatable bonds is 6. The second-order valence-electron chi connectivity index (χ2n) is 4.10. The second-order valence-corrected chi connectivity index (χ2v) is 5.67. The van der Waals surface area contributed by atoms with Crippen molar-refractivity contribution in [1.82, 2.24) is 0 Å². The number of hydrogen-bond acceptors (Lipinski definition) is 3. The molecule has 0 aliphatic rings. The molecule has 0 aliphatic heterocycles. The molecule has 3 nitrogen and oxygen atoms in total. The lowest BCUT2D eigenvalue weighted by Crippen LogP contribution is -1.94. The molecule has 1 aromatic rings. The molecule has 0 radical (unpaired) electrons. The maximum Gasteiger partial charge on any atom is 0.328 e. The van der Waals surface area contributed by atoms with E-state index in [-0.39, 0.29) is 0 Å². The van der Waals surface area contributed by atoms with Crippen molar-refractivity contribution < 1.29 is 14.6 Å². The molecule has 4 heteroatoms. The van der Waals surface area contributed by atoms with Crippen LogP contribution in [0.2, 0.25) is 0 Å². The molecule has 1 aromatic carbocycles. The summed E-state index contributed by atoms with van der Waals surface area (Å²) in [4.78, 5) is 10.5. The van der Waals surface area contributed by atoms with E-state index in [1.807, 2.05) is 30.0 Å². The van der Waals surface area contributed by atoms with Gasteiger partial charge in [-0.2, -0.15) is 11.8 Å². The van der Waals surface area contributed by atoms with Crippen LogP contribution in [-0.2, 0) is 10.5 Å². The number of aliphatic carboxylic acids is 1. The Morgan fingerprint density at radius 2 is 2.22 bits per heavy atom. The number of benzene rings is 1. The van der Waals surface area contributed by atoms with Crippen LogP contribution in [0.5, 0.6) is 5.75 Å². The van der Waals surface area contributed by atoms with Crippen molar-refractivity contribution in [3.8, 4) is 5.75 Å². The molecule has 98 valence electrons. The third-order valence-electron chi connectivity index (χ3n) is 2.29. The lowest BCUT2D eigenvalue weighted by Gasteiger charge is -2.10. The number of hydrogen-bond donors (Lipinski definition) is 1. The van der Waals surface area contributed by atoms with E-state index in [9.17, 15) is 4.79 Å². The van der Waals surface area contributed by atoms with Crippen LogP contribution < -0.4 is 4.74 Å². The van der Waals surface area contributed by atoms with E-state index in [0.29, 0.717) is 5.25 Å². The number of carbonyl (C=O) groups is 1. The minimum absolute atomic E-state index is 0.549. The van der Waals surface area contributed by atoms with E-state index in [2.05, 4.69) is 13.8 Å². The van der Waals surface area contributed by atoms with Gasteiger partial charge in [0.05, 0.1) is 7.11 Å². The maximum atomic E-state index is 10.5. The highest BCUT2D eigenvalue weighted by Gasteiger charge is 2.05. The summed E-state index contributed by atoms with van der Waals surface area (Å²) in [6.45, 7) is 4.29. The van der Waals surface area contributed by atoms with Crippen LogP contribution in [-0.4, -0.2) is 23.4 Å². The molecule has 0 bridgehead atoms. The Balaban J connectivity index is 2.90. The molecule has 0 aromatic heterocycles. The highest BCUT2D eigenvalue weighted by Crippen LogP contribution is 2.26. The molecule has 0 spiro atoms. The van der Waals surface area contributed by atoms with E-state index >= 15 is 0 Å². The molecule has 0 saturated heterocycles. The van der Waals surface area contributed by atoms with Crippen LogP contribution in [0, 0.1) is 0 Å². The predicted octanol–water partition coefficient (Wildman–Crippen LogP) is 3.43. The van der Waals surface area contributed by atoms with Crippen molar-refractivity contribution in [3.63, 3.8) is 0 Å². The van der Waals surface area contributed by atoms with Gasteiger partial charge >= 0.3 is 5.97 Å². The van der Waals surface area contributed by atoms with Crippen LogP contribution >= 0.6 is 11.8 Å². The fraction of sp³-hybridized carbons (Fsp3) is 0.357. The molecule has 0 atom stereocenters. The van der Waals surface area contributed by atoms with Gasteiger partial charge in [0.1, 0.15) is 5.75 Å². The Morgan fingerprint density at radius 1 is 1.50 bits per heavy atom. The van der Waals surface area contributed by atoms with Crippen LogP contribution in [0.4, 0.5) is 0 Å². The summed E-state index contributed by atoms with van der Waals surface area (Å²) in [6, 6.07) is 5.69. The molecule has 0 amide bonds. The van der Waals surface area contributed by atoms with E-state index < -0.39 is 5.97 Å². The third-order valence-corrected chi connectivity index (χ3v) is 3.44. The zero-order valence-corrected chi connectivity index (χ0v) is 11.7. The molecule has 1 rings (SSSR count). The molecule has 0 heterocycles. The number of carboxylic acid groups (broad SMARTS) is 1. The summed E-state index contributed by atoms with van der Waals surface area (Å²) in [6.07, 6.45) is 2.73. The highest BCUT2D eigenvalue weighted by atomic mass is 32.2. The fourth-order valence-corrected chi connectivity index (χ4v) is 2.18. The van der Waals surface area contributed by atoms with Crippen molar-refractivity contribution in [2.75, 3.05) is 7.11 Å². The standard InChI is InChI=1S/C14H18O3S/c1-10(2)18-9-12-8-11(5-7-14(15)16)4-6-13(12)17-3/h4-8,10H,9H2,1-3H3,(H,15,16). The summed E-state index contributed by atoms with van der Waals surface area (Å²) in [7, 11) is 1.64. The molecular weight excluding hydrogens is 248 g/mol. The molecule has 18 heavy (non-hydrogen) atoms. The maximum absolute atomic E-state index is 10.5. The summed E-state index contributed by atoms with van der Waals surface area (Å²) in [5, 5.41) is 9.15. The van der Waals surface area contributed by atoms with Crippen molar-refractivity contribution in [3.05, 3.63) is 35.4 Å². The first-order valence-electron chi connectivity index (χ1n) is 5.72. The zero-order chi connectivity index (χ0) is 13.5. The van der Waals surface area contributed by atoms with Crippen molar-refractivity contribution in [1.29, 1.82) is 0 Å².